The van der Waals surface area contributed by atoms with E-state index < -0.39 is 10.0 Å². The first-order chi connectivity index (χ1) is 13.5. The molecule has 0 radical (unpaired) electrons. The molecule has 1 aromatic heterocycles. The number of hydrogen-bond acceptors (Lipinski definition) is 4. The predicted molar refractivity (Wildman–Crippen MR) is 107 cm³/mol. The highest BCUT2D eigenvalue weighted by Crippen LogP contribution is 2.24. The van der Waals surface area contributed by atoms with Crippen LogP contribution in [-0.2, 0) is 16.6 Å². The van der Waals surface area contributed by atoms with Crippen molar-refractivity contribution in [2.45, 2.75) is 13.0 Å². The van der Waals surface area contributed by atoms with Gasteiger partial charge >= 0.3 is 0 Å². The zero-order valence-corrected chi connectivity index (χ0v) is 16.0. The molecule has 144 valence electrons. The SMILES string of the molecule is O=C(NCc1cnn(-c2ccccc2)c1)c1ccc(N2CCCS2(=O)=O)cc1. The maximum absolute atomic E-state index is 12.4. The Labute approximate surface area is 163 Å². The Morgan fingerprint density at radius 1 is 1.04 bits per heavy atom. The minimum Gasteiger partial charge on any atom is -0.348 e. The normalized spacial score (nSPS) is 15.5. The molecule has 1 aliphatic rings. The lowest BCUT2D eigenvalue weighted by atomic mass is 10.2. The lowest BCUT2D eigenvalue weighted by Gasteiger charge is -2.17. The number of carbonyl (C=O) groups excluding carboxylic acids is 1. The Kier molecular flexibility index (Phi) is 4.87. The minimum absolute atomic E-state index is 0.173. The van der Waals surface area contributed by atoms with E-state index in [4.69, 9.17) is 0 Å². The molecule has 0 spiro atoms. The Morgan fingerprint density at radius 3 is 2.46 bits per heavy atom. The summed E-state index contributed by atoms with van der Waals surface area (Å²) in [6.07, 6.45) is 4.22. The van der Waals surface area contributed by atoms with Crippen molar-refractivity contribution in [1.29, 1.82) is 0 Å². The van der Waals surface area contributed by atoms with Crippen LogP contribution in [0.15, 0.2) is 67.0 Å². The summed E-state index contributed by atoms with van der Waals surface area (Å²) in [5, 5.41) is 7.17. The Hall–Kier alpha value is -3.13. The third-order valence-electron chi connectivity index (χ3n) is 4.63. The van der Waals surface area contributed by atoms with Gasteiger partial charge in [-0.05, 0) is 42.8 Å². The van der Waals surface area contributed by atoms with Crippen LogP contribution in [0.5, 0.6) is 0 Å². The van der Waals surface area contributed by atoms with Crippen LogP contribution in [0.25, 0.3) is 5.69 Å². The van der Waals surface area contributed by atoms with Gasteiger partial charge in [0, 0.05) is 30.4 Å². The first-order valence-electron chi connectivity index (χ1n) is 9.01. The smallest absolute Gasteiger partial charge is 0.251 e. The number of amides is 1. The second kappa shape index (κ2) is 7.47. The molecule has 1 amide bonds. The molecule has 7 nitrogen and oxygen atoms in total. The van der Waals surface area contributed by atoms with Crippen LogP contribution in [0.4, 0.5) is 5.69 Å². The first-order valence-corrected chi connectivity index (χ1v) is 10.6. The van der Waals surface area contributed by atoms with E-state index in [1.807, 2.05) is 36.5 Å². The van der Waals surface area contributed by atoms with Crippen LogP contribution in [0.2, 0.25) is 0 Å². The number of para-hydroxylation sites is 1. The van der Waals surface area contributed by atoms with Gasteiger partial charge in [0.1, 0.15) is 0 Å². The van der Waals surface area contributed by atoms with Gasteiger partial charge in [-0.1, -0.05) is 18.2 Å². The number of nitrogens with zero attached hydrogens (tertiary/aromatic N) is 3. The lowest BCUT2D eigenvalue weighted by Crippen LogP contribution is -2.25. The largest absolute Gasteiger partial charge is 0.348 e. The number of rotatable bonds is 5. The van der Waals surface area contributed by atoms with E-state index in [1.54, 1.807) is 35.1 Å². The molecule has 1 aliphatic heterocycles. The first kappa shape index (κ1) is 18.2. The number of carbonyl (C=O) groups is 1. The molecule has 3 aromatic rings. The number of sulfonamides is 1. The van der Waals surface area contributed by atoms with Crippen molar-refractivity contribution in [3.05, 3.63) is 78.1 Å². The van der Waals surface area contributed by atoms with Gasteiger partial charge in [-0.2, -0.15) is 5.10 Å². The molecule has 1 N–H and O–H groups in total. The fourth-order valence-corrected chi connectivity index (χ4v) is 4.73. The third-order valence-corrected chi connectivity index (χ3v) is 6.50. The zero-order chi connectivity index (χ0) is 19.6. The maximum Gasteiger partial charge on any atom is 0.251 e. The molecule has 1 fully saturated rings. The van der Waals surface area contributed by atoms with E-state index in [-0.39, 0.29) is 11.7 Å². The number of benzene rings is 2. The van der Waals surface area contributed by atoms with Gasteiger partial charge in [0.2, 0.25) is 10.0 Å². The number of aromatic nitrogens is 2. The maximum atomic E-state index is 12.4. The average molecular weight is 396 g/mol. The van der Waals surface area contributed by atoms with Gasteiger partial charge in [-0.15, -0.1) is 0 Å². The molecule has 2 heterocycles. The van der Waals surface area contributed by atoms with Gasteiger partial charge in [0.05, 0.1) is 23.3 Å². The molecular formula is C20H20N4O3S. The van der Waals surface area contributed by atoms with E-state index >= 15 is 0 Å². The molecule has 0 unspecified atom stereocenters. The summed E-state index contributed by atoms with van der Waals surface area (Å²) in [7, 11) is -3.22. The highest BCUT2D eigenvalue weighted by molar-refractivity contribution is 7.93. The van der Waals surface area contributed by atoms with E-state index in [2.05, 4.69) is 10.4 Å². The van der Waals surface area contributed by atoms with Crippen LogP contribution in [0, 0.1) is 0 Å². The van der Waals surface area contributed by atoms with Crippen LogP contribution >= 0.6 is 0 Å². The highest BCUT2D eigenvalue weighted by Gasteiger charge is 2.28. The summed E-state index contributed by atoms with van der Waals surface area (Å²) < 4.78 is 27.1. The fourth-order valence-electron chi connectivity index (χ4n) is 3.17. The predicted octanol–water partition coefficient (Wildman–Crippen LogP) is 2.34. The van der Waals surface area contributed by atoms with Crippen LogP contribution in [0.3, 0.4) is 0 Å². The standard InChI is InChI=1S/C20H20N4O3S/c25-20(17-7-9-19(10-8-17)24-11-4-12-28(24,26)27)21-13-16-14-22-23(15-16)18-5-2-1-3-6-18/h1-3,5-10,14-15H,4,11-13H2,(H,21,25). The molecular weight excluding hydrogens is 376 g/mol. The van der Waals surface area contributed by atoms with Crippen LogP contribution in [-0.4, -0.2) is 36.4 Å². The van der Waals surface area contributed by atoms with Gasteiger partial charge < -0.3 is 5.32 Å². The van der Waals surface area contributed by atoms with Crippen molar-refractivity contribution in [2.75, 3.05) is 16.6 Å². The van der Waals surface area contributed by atoms with Gasteiger partial charge in [-0.25, -0.2) is 13.1 Å². The number of hydrogen-bond donors (Lipinski definition) is 1. The van der Waals surface area contributed by atoms with Crippen molar-refractivity contribution in [1.82, 2.24) is 15.1 Å². The van der Waals surface area contributed by atoms with Crippen molar-refractivity contribution >= 4 is 21.6 Å². The molecule has 0 bridgehead atoms. The monoisotopic (exact) mass is 396 g/mol. The van der Waals surface area contributed by atoms with E-state index in [1.165, 1.54) is 4.31 Å². The molecule has 4 rings (SSSR count). The Morgan fingerprint density at radius 2 is 1.79 bits per heavy atom. The molecule has 0 atom stereocenters. The highest BCUT2D eigenvalue weighted by atomic mass is 32.2. The summed E-state index contributed by atoms with van der Waals surface area (Å²) >= 11 is 0. The van der Waals surface area contributed by atoms with Crippen molar-refractivity contribution < 1.29 is 13.2 Å². The molecule has 8 heteroatoms. The Balaban J connectivity index is 1.39. The van der Waals surface area contributed by atoms with Gasteiger partial charge in [-0.3, -0.25) is 9.10 Å². The zero-order valence-electron chi connectivity index (χ0n) is 15.2. The van der Waals surface area contributed by atoms with E-state index in [9.17, 15) is 13.2 Å². The Bertz CT molecular complexity index is 1080. The molecule has 28 heavy (non-hydrogen) atoms. The van der Waals surface area contributed by atoms with E-state index in [0.717, 1.165) is 11.3 Å². The van der Waals surface area contributed by atoms with E-state index in [0.29, 0.717) is 30.8 Å². The van der Waals surface area contributed by atoms with Crippen molar-refractivity contribution in [3.63, 3.8) is 0 Å². The van der Waals surface area contributed by atoms with Crippen LogP contribution in [0.1, 0.15) is 22.3 Å². The molecule has 2 aromatic carbocycles. The molecule has 0 saturated carbocycles. The van der Waals surface area contributed by atoms with Crippen molar-refractivity contribution in [3.8, 4) is 5.69 Å². The summed E-state index contributed by atoms with van der Waals surface area (Å²) in [5.41, 5.74) is 2.92. The average Bonchev–Trinajstić information content (AvgIpc) is 3.33. The number of nitrogens with one attached hydrogen (secondary N) is 1. The fraction of sp³-hybridized carbons (Fsp3) is 0.200. The van der Waals surface area contributed by atoms with Gasteiger partial charge in [0.15, 0.2) is 0 Å². The third kappa shape index (κ3) is 3.77. The summed E-state index contributed by atoms with van der Waals surface area (Å²) in [4.78, 5) is 12.4. The molecule has 0 aliphatic carbocycles. The summed E-state index contributed by atoms with van der Waals surface area (Å²) in [6.45, 7) is 0.840. The second-order valence-corrected chi connectivity index (χ2v) is 8.61. The lowest BCUT2D eigenvalue weighted by molar-refractivity contribution is 0.0951. The second-order valence-electron chi connectivity index (χ2n) is 6.60. The van der Waals surface area contributed by atoms with Crippen molar-refractivity contribution in [2.24, 2.45) is 0 Å². The molecule has 1 saturated heterocycles. The summed E-state index contributed by atoms with van der Waals surface area (Å²) in [5.74, 6) is -0.0467. The minimum atomic E-state index is -3.22. The summed E-state index contributed by atoms with van der Waals surface area (Å²) in [6, 6.07) is 16.4. The number of anilines is 1. The van der Waals surface area contributed by atoms with Gasteiger partial charge in [0.25, 0.3) is 5.91 Å². The topological polar surface area (TPSA) is 84.3 Å². The quantitative estimate of drug-likeness (QED) is 0.717. The van der Waals surface area contributed by atoms with Crippen LogP contribution < -0.4 is 9.62 Å².